The van der Waals surface area contributed by atoms with Gasteiger partial charge in [0.25, 0.3) is 5.91 Å². The number of halogens is 1. The third-order valence-corrected chi connectivity index (χ3v) is 7.56. The van der Waals surface area contributed by atoms with E-state index in [4.69, 9.17) is 0 Å². The van der Waals surface area contributed by atoms with Gasteiger partial charge in [-0.2, -0.15) is 5.26 Å². The van der Waals surface area contributed by atoms with Gasteiger partial charge in [-0.25, -0.2) is 4.39 Å². The maximum atomic E-state index is 13.7. The summed E-state index contributed by atoms with van der Waals surface area (Å²) < 4.78 is 16.6. The SMILES string of the molecule is N#Cc1c(NC(=O)c2cc3sccc3n2Cc2cccc(F)c2)sc2c1CCCC2. The molecule has 30 heavy (non-hydrogen) atoms. The van der Waals surface area contributed by atoms with E-state index in [0.717, 1.165) is 47.0 Å². The summed E-state index contributed by atoms with van der Waals surface area (Å²) >= 11 is 3.08. The molecule has 3 heterocycles. The van der Waals surface area contributed by atoms with Crippen molar-refractivity contribution in [3.8, 4) is 6.07 Å². The lowest BCUT2D eigenvalue weighted by molar-refractivity contribution is 0.101. The molecule has 1 aliphatic carbocycles. The number of rotatable bonds is 4. The van der Waals surface area contributed by atoms with Gasteiger partial charge >= 0.3 is 0 Å². The smallest absolute Gasteiger partial charge is 0.272 e. The zero-order chi connectivity index (χ0) is 20.7. The van der Waals surface area contributed by atoms with Crippen molar-refractivity contribution in [2.24, 2.45) is 0 Å². The van der Waals surface area contributed by atoms with Gasteiger partial charge in [0.15, 0.2) is 0 Å². The quantitative estimate of drug-likeness (QED) is 0.430. The van der Waals surface area contributed by atoms with E-state index in [2.05, 4.69) is 11.4 Å². The number of hydrogen-bond acceptors (Lipinski definition) is 4. The Morgan fingerprint density at radius 2 is 2.10 bits per heavy atom. The molecule has 1 amide bonds. The van der Waals surface area contributed by atoms with Crippen LogP contribution in [0.1, 0.15) is 44.9 Å². The molecule has 0 fully saturated rings. The molecule has 5 rings (SSSR count). The van der Waals surface area contributed by atoms with E-state index >= 15 is 0 Å². The Labute approximate surface area is 181 Å². The van der Waals surface area contributed by atoms with Crippen molar-refractivity contribution in [2.45, 2.75) is 32.2 Å². The number of aryl methyl sites for hydroxylation is 1. The number of nitrogens with one attached hydrogen (secondary N) is 1. The fourth-order valence-electron chi connectivity index (χ4n) is 4.09. The Kier molecular flexibility index (Phi) is 4.89. The van der Waals surface area contributed by atoms with Crippen molar-refractivity contribution in [3.63, 3.8) is 0 Å². The van der Waals surface area contributed by atoms with Crippen LogP contribution in [0.5, 0.6) is 0 Å². The van der Waals surface area contributed by atoms with Crippen molar-refractivity contribution >= 4 is 43.8 Å². The van der Waals surface area contributed by atoms with Crippen molar-refractivity contribution in [1.82, 2.24) is 4.57 Å². The van der Waals surface area contributed by atoms with E-state index in [0.29, 0.717) is 22.8 Å². The molecule has 1 aliphatic rings. The van der Waals surface area contributed by atoms with E-state index in [9.17, 15) is 14.4 Å². The molecule has 4 aromatic rings. The molecule has 7 heteroatoms. The summed E-state index contributed by atoms with van der Waals surface area (Å²) in [5, 5.41) is 15.3. The molecule has 1 N–H and O–H groups in total. The molecule has 0 bridgehead atoms. The second-order valence-corrected chi connectivity index (χ2v) is 9.45. The van der Waals surface area contributed by atoms with Crippen LogP contribution in [0.15, 0.2) is 41.8 Å². The molecular formula is C23H18FN3OS2. The summed E-state index contributed by atoms with van der Waals surface area (Å²) in [7, 11) is 0. The Balaban J connectivity index is 1.51. The van der Waals surface area contributed by atoms with E-state index < -0.39 is 0 Å². The van der Waals surface area contributed by atoms with Crippen molar-refractivity contribution in [1.29, 1.82) is 5.26 Å². The van der Waals surface area contributed by atoms with Crippen LogP contribution in [-0.2, 0) is 19.4 Å². The zero-order valence-corrected chi connectivity index (χ0v) is 17.7. The molecule has 0 unspecified atom stereocenters. The van der Waals surface area contributed by atoms with Crippen LogP contribution >= 0.6 is 22.7 Å². The largest absolute Gasteiger partial charge is 0.331 e. The predicted molar refractivity (Wildman–Crippen MR) is 119 cm³/mol. The van der Waals surface area contributed by atoms with Gasteiger partial charge in [0, 0.05) is 11.4 Å². The van der Waals surface area contributed by atoms with Gasteiger partial charge in [-0.3, -0.25) is 4.79 Å². The van der Waals surface area contributed by atoms with Crippen LogP contribution in [0.3, 0.4) is 0 Å². The Morgan fingerprint density at radius 1 is 1.23 bits per heavy atom. The van der Waals surface area contributed by atoms with Crippen molar-refractivity contribution in [3.05, 3.63) is 74.9 Å². The Morgan fingerprint density at radius 3 is 2.93 bits per heavy atom. The second kappa shape index (κ2) is 7.71. The molecule has 0 aliphatic heterocycles. The van der Waals surface area contributed by atoms with E-state index in [-0.39, 0.29) is 11.7 Å². The monoisotopic (exact) mass is 435 g/mol. The fourth-order valence-corrected chi connectivity index (χ4v) is 6.15. The number of benzene rings is 1. The van der Waals surface area contributed by atoms with Gasteiger partial charge in [0.05, 0.1) is 15.8 Å². The van der Waals surface area contributed by atoms with Crippen LogP contribution in [-0.4, -0.2) is 10.5 Å². The van der Waals surface area contributed by atoms with Gasteiger partial charge in [-0.15, -0.1) is 22.7 Å². The zero-order valence-electron chi connectivity index (χ0n) is 16.1. The van der Waals surface area contributed by atoms with Gasteiger partial charge in [0.2, 0.25) is 0 Å². The molecule has 4 nitrogen and oxygen atoms in total. The first kappa shape index (κ1) is 19.0. The third kappa shape index (κ3) is 3.32. The average Bonchev–Trinajstić information content (AvgIpc) is 3.41. The van der Waals surface area contributed by atoms with Crippen LogP contribution in [0.25, 0.3) is 10.2 Å². The number of fused-ring (bicyclic) bond motifs is 2. The number of nitriles is 1. The van der Waals surface area contributed by atoms with Gasteiger partial charge in [-0.1, -0.05) is 12.1 Å². The second-order valence-electron chi connectivity index (χ2n) is 7.40. The van der Waals surface area contributed by atoms with Gasteiger partial charge < -0.3 is 9.88 Å². The maximum absolute atomic E-state index is 13.7. The summed E-state index contributed by atoms with van der Waals surface area (Å²) in [6, 6.07) is 12.6. The standard InChI is InChI=1S/C23H18FN3OS2/c24-15-5-3-4-14(10-15)13-27-18-8-9-29-21(18)11-19(27)22(28)26-23-17(12-25)16-6-1-2-7-20(16)30-23/h3-5,8-11H,1-2,6-7,13H2,(H,26,28). The molecule has 0 spiro atoms. The number of amides is 1. The highest BCUT2D eigenvalue weighted by atomic mass is 32.1. The molecule has 0 atom stereocenters. The van der Waals surface area contributed by atoms with E-state index in [1.807, 2.05) is 28.1 Å². The van der Waals surface area contributed by atoms with Crippen LogP contribution in [0, 0.1) is 17.1 Å². The minimum atomic E-state index is -0.296. The highest BCUT2D eigenvalue weighted by molar-refractivity contribution is 7.17. The van der Waals surface area contributed by atoms with E-state index in [1.165, 1.54) is 28.3 Å². The average molecular weight is 436 g/mol. The van der Waals surface area contributed by atoms with Crippen LogP contribution < -0.4 is 5.32 Å². The minimum absolute atomic E-state index is 0.245. The number of carbonyl (C=O) groups excluding carboxylic acids is 1. The van der Waals surface area contributed by atoms with Gasteiger partial charge in [0.1, 0.15) is 22.6 Å². The normalized spacial score (nSPS) is 13.2. The molecule has 3 aromatic heterocycles. The highest BCUT2D eigenvalue weighted by Crippen LogP contribution is 2.38. The highest BCUT2D eigenvalue weighted by Gasteiger charge is 2.24. The molecule has 1 aromatic carbocycles. The molecule has 0 radical (unpaired) electrons. The minimum Gasteiger partial charge on any atom is -0.331 e. The number of hydrogen-bond donors (Lipinski definition) is 1. The topological polar surface area (TPSA) is 57.8 Å². The lowest BCUT2D eigenvalue weighted by Crippen LogP contribution is -2.17. The summed E-state index contributed by atoms with van der Waals surface area (Å²) in [5.74, 6) is -0.542. The first-order valence-corrected chi connectivity index (χ1v) is 11.5. The first-order valence-electron chi connectivity index (χ1n) is 9.81. The van der Waals surface area contributed by atoms with Crippen LogP contribution in [0.4, 0.5) is 9.39 Å². The summed E-state index contributed by atoms with van der Waals surface area (Å²) in [4.78, 5) is 14.4. The summed E-state index contributed by atoms with van der Waals surface area (Å²) in [5.41, 5.74) is 3.95. The molecule has 0 saturated heterocycles. The third-order valence-electron chi connectivity index (χ3n) is 5.50. The molecule has 150 valence electrons. The summed E-state index contributed by atoms with van der Waals surface area (Å²) in [6.45, 7) is 0.396. The van der Waals surface area contributed by atoms with Crippen molar-refractivity contribution < 1.29 is 9.18 Å². The number of nitrogens with zero attached hydrogens (tertiary/aromatic N) is 2. The van der Waals surface area contributed by atoms with E-state index in [1.54, 1.807) is 17.4 Å². The number of anilines is 1. The predicted octanol–water partition coefficient (Wildman–Crippen LogP) is 5.95. The Bertz CT molecular complexity index is 1310. The number of aromatic nitrogens is 1. The van der Waals surface area contributed by atoms with Crippen molar-refractivity contribution in [2.75, 3.05) is 5.32 Å². The number of carbonyl (C=O) groups is 1. The Hall–Kier alpha value is -2.95. The lowest BCUT2D eigenvalue weighted by Gasteiger charge is -2.11. The fraction of sp³-hybridized carbons (Fsp3) is 0.217. The molecular weight excluding hydrogens is 417 g/mol. The summed E-state index contributed by atoms with van der Waals surface area (Å²) in [6.07, 6.45) is 4.07. The lowest BCUT2D eigenvalue weighted by atomic mass is 9.96. The maximum Gasteiger partial charge on any atom is 0.272 e. The number of thiophene rings is 2. The van der Waals surface area contributed by atoms with Gasteiger partial charge in [-0.05, 0) is 66.5 Å². The van der Waals surface area contributed by atoms with Crippen LogP contribution in [0.2, 0.25) is 0 Å². The first-order chi connectivity index (χ1) is 14.6. The molecule has 0 saturated carbocycles.